The van der Waals surface area contributed by atoms with E-state index in [0.717, 1.165) is 18.4 Å². The van der Waals surface area contributed by atoms with E-state index in [2.05, 4.69) is 18.8 Å². The van der Waals surface area contributed by atoms with Gasteiger partial charge < -0.3 is 19.7 Å². The van der Waals surface area contributed by atoms with Crippen LogP contribution < -0.4 is 0 Å². The Morgan fingerprint density at radius 3 is 2.52 bits per heavy atom. The maximum Gasteiger partial charge on any atom is 0.383 e. The number of aromatic hydroxyl groups is 2. The molecule has 1 atom stereocenters. The summed E-state index contributed by atoms with van der Waals surface area (Å²) in [6, 6.07) is 4.63. The number of phenolic OH excluding ortho intramolecular Hbond substituents is 2. The van der Waals surface area contributed by atoms with E-state index in [-0.39, 0.29) is 17.6 Å². The zero-order valence-electron chi connectivity index (χ0n) is 14.4. The molecule has 0 saturated carbocycles. The maximum atomic E-state index is 9.50. The summed E-state index contributed by atoms with van der Waals surface area (Å²) >= 11 is 0. The second kappa shape index (κ2) is 10.8. The van der Waals surface area contributed by atoms with Gasteiger partial charge in [-0.1, -0.05) is 39.2 Å². The Bertz CT molecular complexity index is 488. The van der Waals surface area contributed by atoms with Gasteiger partial charge in [-0.2, -0.15) is 0 Å². The van der Waals surface area contributed by atoms with Gasteiger partial charge in [-0.3, -0.25) is 0 Å². The van der Waals surface area contributed by atoms with Crippen LogP contribution in [0.4, 0.5) is 0 Å². The first-order chi connectivity index (χ1) is 11.1. The SMILES string of the molecule is CCCCC(CC)COC(=NCc1ccc(O)c(O)c1)OCC. The molecule has 1 rings (SSSR count). The Kier molecular flexibility index (Phi) is 8.95. The van der Waals surface area contributed by atoms with Gasteiger partial charge in [0.25, 0.3) is 0 Å². The topological polar surface area (TPSA) is 71.3 Å². The van der Waals surface area contributed by atoms with Crippen molar-refractivity contribution >= 4 is 6.08 Å². The Labute approximate surface area is 139 Å². The van der Waals surface area contributed by atoms with Gasteiger partial charge in [-0.25, -0.2) is 4.99 Å². The van der Waals surface area contributed by atoms with E-state index in [4.69, 9.17) is 9.47 Å². The molecular weight excluding hydrogens is 294 g/mol. The standard InChI is InChI=1S/C18H29NO4/c1-4-7-8-14(5-2)13-23-18(22-6-3)19-12-15-9-10-16(20)17(21)11-15/h9-11,14,20-21H,4-8,12-13H2,1-3H3. The van der Waals surface area contributed by atoms with E-state index < -0.39 is 0 Å². The fraction of sp³-hybridized carbons (Fsp3) is 0.611. The summed E-state index contributed by atoms with van der Waals surface area (Å²) < 4.78 is 11.2. The van der Waals surface area contributed by atoms with Gasteiger partial charge in [-0.05, 0) is 37.0 Å². The van der Waals surface area contributed by atoms with Gasteiger partial charge in [0.15, 0.2) is 11.5 Å². The van der Waals surface area contributed by atoms with Crippen LogP contribution in [0.3, 0.4) is 0 Å². The normalized spacial score (nSPS) is 12.9. The van der Waals surface area contributed by atoms with Crippen LogP contribution in [0.25, 0.3) is 0 Å². The summed E-state index contributed by atoms with van der Waals surface area (Å²) in [5, 5.41) is 18.8. The smallest absolute Gasteiger partial charge is 0.383 e. The molecule has 2 N–H and O–H groups in total. The monoisotopic (exact) mass is 323 g/mol. The molecule has 0 aliphatic rings. The number of unbranched alkanes of at least 4 members (excludes halogenated alkanes) is 1. The van der Waals surface area contributed by atoms with Crippen LogP contribution in [0, 0.1) is 5.92 Å². The summed E-state index contributed by atoms with van der Waals surface area (Å²) in [6.45, 7) is 7.67. The minimum atomic E-state index is -0.151. The fourth-order valence-electron chi connectivity index (χ4n) is 2.17. The number of hydrogen-bond donors (Lipinski definition) is 2. The largest absolute Gasteiger partial charge is 0.504 e. The van der Waals surface area contributed by atoms with Gasteiger partial charge in [0.1, 0.15) is 0 Å². The van der Waals surface area contributed by atoms with E-state index in [1.807, 2.05) is 6.92 Å². The molecule has 1 aromatic carbocycles. The zero-order valence-corrected chi connectivity index (χ0v) is 14.4. The molecule has 130 valence electrons. The summed E-state index contributed by atoms with van der Waals surface area (Å²) in [6.07, 6.45) is 4.90. The third-order valence-corrected chi connectivity index (χ3v) is 3.68. The number of benzene rings is 1. The molecule has 0 aliphatic carbocycles. The van der Waals surface area contributed by atoms with Crippen molar-refractivity contribution in [2.75, 3.05) is 13.2 Å². The summed E-state index contributed by atoms with van der Waals surface area (Å²) in [7, 11) is 0. The van der Waals surface area contributed by atoms with Crippen LogP contribution in [0.15, 0.2) is 23.2 Å². The van der Waals surface area contributed by atoms with E-state index in [1.165, 1.54) is 25.0 Å². The van der Waals surface area contributed by atoms with Crippen LogP contribution in [0.1, 0.15) is 52.0 Å². The van der Waals surface area contributed by atoms with Crippen molar-refractivity contribution in [3.05, 3.63) is 23.8 Å². The van der Waals surface area contributed by atoms with Crippen LogP contribution in [-0.2, 0) is 16.0 Å². The Balaban J connectivity index is 2.59. The molecule has 0 heterocycles. The van der Waals surface area contributed by atoms with Crippen LogP contribution in [0.5, 0.6) is 11.5 Å². The number of nitrogens with zero attached hydrogens (tertiary/aromatic N) is 1. The molecule has 23 heavy (non-hydrogen) atoms. The van der Waals surface area contributed by atoms with Crippen LogP contribution in [-0.4, -0.2) is 29.5 Å². The summed E-state index contributed by atoms with van der Waals surface area (Å²) in [5.74, 6) is 0.223. The molecule has 1 aromatic rings. The van der Waals surface area contributed by atoms with Gasteiger partial charge in [0, 0.05) is 0 Å². The quantitative estimate of drug-likeness (QED) is 0.405. The zero-order chi connectivity index (χ0) is 17.1. The van der Waals surface area contributed by atoms with Crippen LogP contribution in [0.2, 0.25) is 0 Å². The number of rotatable bonds is 9. The van der Waals surface area contributed by atoms with Gasteiger partial charge in [0.05, 0.1) is 19.8 Å². The minimum Gasteiger partial charge on any atom is -0.504 e. The third kappa shape index (κ3) is 7.26. The highest BCUT2D eigenvalue weighted by molar-refractivity contribution is 5.66. The second-order valence-corrected chi connectivity index (χ2v) is 5.57. The first-order valence-corrected chi connectivity index (χ1v) is 8.41. The fourth-order valence-corrected chi connectivity index (χ4v) is 2.17. The van der Waals surface area contributed by atoms with Gasteiger partial charge in [-0.15, -0.1) is 0 Å². The third-order valence-electron chi connectivity index (χ3n) is 3.68. The molecule has 5 heteroatoms. The molecule has 1 unspecified atom stereocenters. The van der Waals surface area contributed by atoms with Gasteiger partial charge in [0.2, 0.25) is 0 Å². The van der Waals surface area contributed by atoms with Crippen molar-refractivity contribution in [3.63, 3.8) is 0 Å². The Morgan fingerprint density at radius 2 is 1.91 bits per heavy atom. The highest BCUT2D eigenvalue weighted by Gasteiger charge is 2.10. The van der Waals surface area contributed by atoms with Crippen molar-refractivity contribution in [2.24, 2.45) is 10.9 Å². The Morgan fingerprint density at radius 1 is 1.13 bits per heavy atom. The number of hydrogen-bond acceptors (Lipinski definition) is 5. The predicted molar refractivity (Wildman–Crippen MR) is 91.8 cm³/mol. The second-order valence-electron chi connectivity index (χ2n) is 5.57. The lowest BCUT2D eigenvalue weighted by atomic mass is 10.0. The van der Waals surface area contributed by atoms with Crippen molar-refractivity contribution in [1.29, 1.82) is 0 Å². The number of ether oxygens (including phenoxy) is 2. The van der Waals surface area contributed by atoms with E-state index in [9.17, 15) is 10.2 Å². The molecule has 0 aliphatic heterocycles. The first-order valence-electron chi connectivity index (χ1n) is 8.41. The van der Waals surface area contributed by atoms with E-state index >= 15 is 0 Å². The van der Waals surface area contributed by atoms with Gasteiger partial charge >= 0.3 is 6.08 Å². The average Bonchev–Trinajstić information content (AvgIpc) is 2.55. The highest BCUT2D eigenvalue weighted by Crippen LogP contribution is 2.25. The lowest BCUT2D eigenvalue weighted by Crippen LogP contribution is -2.16. The maximum absolute atomic E-state index is 9.50. The molecule has 5 nitrogen and oxygen atoms in total. The van der Waals surface area contributed by atoms with Crippen LogP contribution >= 0.6 is 0 Å². The predicted octanol–water partition coefficient (Wildman–Crippen LogP) is 4.22. The molecule has 0 spiro atoms. The molecule has 0 amide bonds. The molecular formula is C18H29NO4. The lowest BCUT2D eigenvalue weighted by molar-refractivity contribution is 0.139. The Hall–Kier alpha value is -1.91. The molecule has 0 aromatic heterocycles. The number of phenols is 2. The van der Waals surface area contributed by atoms with Crippen molar-refractivity contribution in [1.82, 2.24) is 0 Å². The molecule has 0 saturated heterocycles. The molecule has 0 radical (unpaired) electrons. The van der Waals surface area contributed by atoms with E-state index in [1.54, 1.807) is 6.07 Å². The number of aliphatic imine (C=N–C) groups is 1. The molecule has 0 fully saturated rings. The molecule has 0 bridgehead atoms. The van der Waals surface area contributed by atoms with Crippen molar-refractivity contribution < 1.29 is 19.7 Å². The highest BCUT2D eigenvalue weighted by atomic mass is 16.7. The van der Waals surface area contributed by atoms with Crippen molar-refractivity contribution in [3.8, 4) is 11.5 Å². The lowest BCUT2D eigenvalue weighted by Gasteiger charge is -2.16. The minimum absolute atomic E-state index is 0.138. The summed E-state index contributed by atoms with van der Waals surface area (Å²) in [4.78, 5) is 4.32. The van der Waals surface area contributed by atoms with Crippen molar-refractivity contribution in [2.45, 2.75) is 53.0 Å². The van der Waals surface area contributed by atoms with E-state index in [0.29, 0.717) is 25.7 Å². The average molecular weight is 323 g/mol. The summed E-state index contributed by atoms with van der Waals surface area (Å²) in [5.41, 5.74) is 0.777. The first kappa shape index (κ1) is 19.1.